The number of carbonyl (C=O) groups is 1. The van der Waals surface area contributed by atoms with E-state index in [1.807, 2.05) is 13.8 Å². The van der Waals surface area contributed by atoms with Crippen LogP contribution < -0.4 is 11.1 Å². The van der Waals surface area contributed by atoms with Gasteiger partial charge >= 0.3 is 0 Å². The normalized spacial score (nSPS) is 28.8. The number of primary amides is 1. The summed E-state index contributed by atoms with van der Waals surface area (Å²) in [7, 11) is 1.77. The zero-order chi connectivity index (χ0) is 12.9. The molecule has 0 aromatic carbocycles. The molecule has 2 atom stereocenters. The van der Waals surface area contributed by atoms with E-state index in [0.717, 1.165) is 12.8 Å². The Morgan fingerprint density at radius 2 is 2.24 bits per heavy atom. The van der Waals surface area contributed by atoms with Crippen molar-refractivity contribution < 1.29 is 14.3 Å². The fourth-order valence-electron chi connectivity index (χ4n) is 2.22. The number of nitrogens with one attached hydrogen (secondary N) is 1. The van der Waals surface area contributed by atoms with Gasteiger partial charge in [-0.3, -0.25) is 4.79 Å². The summed E-state index contributed by atoms with van der Waals surface area (Å²) in [5.74, 6) is -0.287. The summed E-state index contributed by atoms with van der Waals surface area (Å²) in [5.41, 5.74) is 4.84. The summed E-state index contributed by atoms with van der Waals surface area (Å²) in [6.45, 7) is 5.15. The molecule has 1 amide bonds. The van der Waals surface area contributed by atoms with E-state index in [9.17, 15) is 4.79 Å². The van der Waals surface area contributed by atoms with Crippen molar-refractivity contribution in [2.24, 2.45) is 5.73 Å². The Bertz CT molecular complexity index is 258. The molecular formula is C12H24N2O3. The summed E-state index contributed by atoms with van der Waals surface area (Å²) in [4.78, 5) is 11.4. The van der Waals surface area contributed by atoms with Gasteiger partial charge in [0.1, 0.15) is 0 Å². The van der Waals surface area contributed by atoms with Crippen LogP contribution in [0.1, 0.15) is 33.1 Å². The van der Waals surface area contributed by atoms with Crippen LogP contribution >= 0.6 is 0 Å². The summed E-state index contributed by atoms with van der Waals surface area (Å²) < 4.78 is 11.1. The van der Waals surface area contributed by atoms with Crippen molar-refractivity contribution in [3.05, 3.63) is 0 Å². The lowest BCUT2D eigenvalue weighted by atomic mass is 9.97. The fraction of sp³-hybridized carbons (Fsp3) is 0.917. The van der Waals surface area contributed by atoms with Gasteiger partial charge in [-0.25, -0.2) is 0 Å². The van der Waals surface area contributed by atoms with Gasteiger partial charge in [0.05, 0.1) is 31.0 Å². The van der Waals surface area contributed by atoms with Crippen molar-refractivity contribution in [3.63, 3.8) is 0 Å². The van der Waals surface area contributed by atoms with E-state index in [0.29, 0.717) is 19.6 Å². The number of nitrogens with two attached hydrogens (primary N) is 1. The lowest BCUT2D eigenvalue weighted by Gasteiger charge is -2.24. The average Bonchev–Trinajstić information content (AvgIpc) is 2.69. The van der Waals surface area contributed by atoms with Crippen molar-refractivity contribution in [2.45, 2.75) is 50.9 Å². The van der Waals surface area contributed by atoms with Crippen LogP contribution in [0.25, 0.3) is 0 Å². The van der Waals surface area contributed by atoms with Crippen molar-refractivity contribution in [3.8, 4) is 0 Å². The standard InChI is InChI=1S/C12H24N2O3/c1-9(2)16-6-7-17-10-4-5-12(8-10,14-3)11(13)15/h9-10,14H,4-8H2,1-3H3,(H2,13,15). The molecule has 1 aliphatic carbocycles. The van der Waals surface area contributed by atoms with E-state index in [1.165, 1.54) is 0 Å². The number of likely N-dealkylation sites (N-methyl/N-ethyl adjacent to an activating group) is 1. The maximum Gasteiger partial charge on any atom is 0.237 e. The number of hydrogen-bond donors (Lipinski definition) is 2. The minimum Gasteiger partial charge on any atom is -0.376 e. The molecule has 1 rings (SSSR count). The molecule has 0 bridgehead atoms. The number of carbonyl (C=O) groups excluding carboxylic acids is 1. The molecule has 1 saturated carbocycles. The Labute approximate surface area is 103 Å². The van der Waals surface area contributed by atoms with Gasteiger partial charge in [0.25, 0.3) is 0 Å². The SMILES string of the molecule is CNC1(C(N)=O)CCC(OCCOC(C)C)C1. The topological polar surface area (TPSA) is 73.6 Å². The largest absolute Gasteiger partial charge is 0.376 e. The van der Waals surface area contributed by atoms with E-state index >= 15 is 0 Å². The van der Waals surface area contributed by atoms with E-state index in [4.69, 9.17) is 15.2 Å². The van der Waals surface area contributed by atoms with E-state index < -0.39 is 5.54 Å². The first kappa shape index (κ1) is 14.4. The molecule has 100 valence electrons. The molecule has 0 aliphatic heterocycles. The lowest BCUT2D eigenvalue weighted by Crippen LogP contribution is -2.52. The molecule has 1 fully saturated rings. The number of hydrogen-bond acceptors (Lipinski definition) is 4. The third kappa shape index (κ3) is 3.94. The van der Waals surface area contributed by atoms with E-state index in [-0.39, 0.29) is 18.1 Å². The summed E-state index contributed by atoms with van der Waals surface area (Å²) in [6.07, 6.45) is 2.59. The molecular weight excluding hydrogens is 220 g/mol. The molecule has 0 radical (unpaired) electrons. The van der Waals surface area contributed by atoms with Gasteiger partial charge in [-0.15, -0.1) is 0 Å². The molecule has 0 spiro atoms. The monoisotopic (exact) mass is 244 g/mol. The van der Waals surface area contributed by atoms with Gasteiger partial charge in [0, 0.05) is 6.42 Å². The van der Waals surface area contributed by atoms with Gasteiger partial charge < -0.3 is 20.5 Å². The summed E-state index contributed by atoms with van der Waals surface area (Å²) >= 11 is 0. The highest BCUT2D eigenvalue weighted by Gasteiger charge is 2.43. The molecule has 0 aromatic heterocycles. The molecule has 0 aromatic rings. The molecule has 0 heterocycles. The van der Waals surface area contributed by atoms with Gasteiger partial charge in [-0.2, -0.15) is 0 Å². The molecule has 5 heteroatoms. The average molecular weight is 244 g/mol. The first-order chi connectivity index (χ1) is 8.00. The van der Waals surface area contributed by atoms with Crippen molar-refractivity contribution in [2.75, 3.05) is 20.3 Å². The van der Waals surface area contributed by atoms with Crippen LogP contribution in [-0.2, 0) is 14.3 Å². The van der Waals surface area contributed by atoms with Crippen LogP contribution in [0.5, 0.6) is 0 Å². The maximum atomic E-state index is 11.4. The minimum absolute atomic E-state index is 0.103. The number of amides is 1. The Balaban J connectivity index is 2.28. The highest BCUT2D eigenvalue weighted by atomic mass is 16.5. The highest BCUT2D eigenvalue weighted by Crippen LogP contribution is 2.31. The third-order valence-corrected chi connectivity index (χ3v) is 3.31. The number of rotatable bonds is 7. The lowest BCUT2D eigenvalue weighted by molar-refractivity contribution is -0.124. The van der Waals surface area contributed by atoms with E-state index in [2.05, 4.69) is 5.32 Å². The first-order valence-electron chi connectivity index (χ1n) is 6.22. The van der Waals surface area contributed by atoms with Crippen LogP contribution in [0.2, 0.25) is 0 Å². The zero-order valence-corrected chi connectivity index (χ0v) is 11.0. The van der Waals surface area contributed by atoms with Crippen LogP contribution in [0.4, 0.5) is 0 Å². The van der Waals surface area contributed by atoms with Crippen molar-refractivity contribution in [1.29, 1.82) is 0 Å². The fourth-order valence-corrected chi connectivity index (χ4v) is 2.22. The maximum absolute atomic E-state index is 11.4. The van der Waals surface area contributed by atoms with Gasteiger partial charge in [-0.1, -0.05) is 0 Å². The Morgan fingerprint density at radius 3 is 2.71 bits per heavy atom. The summed E-state index contributed by atoms with van der Waals surface area (Å²) in [6, 6.07) is 0. The smallest absolute Gasteiger partial charge is 0.237 e. The van der Waals surface area contributed by atoms with Crippen LogP contribution in [0, 0.1) is 0 Å². The second-order valence-corrected chi connectivity index (χ2v) is 4.85. The van der Waals surface area contributed by atoms with E-state index in [1.54, 1.807) is 7.05 Å². The molecule has 5 nitrogen and oxygen atoms in total. The predicted octanol–water partition coefficient (Wildman–Crippen LogP) is 0.424. The molecule has 3 N–H and O–H groups in total. The van der Waals surface area contributed by atoms with Crippen LogP contribution in [-0.4, -0.2) is 43.9 Å². The molecule has 0 saturated heterocycles. The van der Waals surface area contributed by atoms with Crippen molar-refractivity contribution in [1.82, 2.24) is 5.32 Å². The Morgan fingerprint density at radius 1 is 1.53 bits per heavy atom. The number of ether oxygens (including phenoxy) is 2. The summed E-state index contributed by atoms with van der Waals surface area (Å²) in [5, 5.41) is 3.03. The van der Waals surface area contributed by atoms with Gasteiger partial charge in [0.15, 0.2) is 0 Å². The van der Waals surface area contributed by atoms with Gasteiger partial charge in [0.2, 0.25) is 5.91 Å². The zero-order valence-electron chi connectivity index (χ0n) is 11.0. The second kappa shape index (κ2) is 6.33. The Kier molecular flexibility index (Phi) is 5.36. The quantitative estimate of drug-likeness (QED) is 0.637. The Hall–Kier alpha value is -0.650. The highest BCUT2D eigenvalue weighted by molar-refractivity contribution is 5.85. The van der Waals surface area contributed by atoms with Crippen LogP contribution in [0.15, 0.2) is 0 Å². The third-order valence-electron chi connectivity index (χ3n) is 3.31. The van der Waals surface area contributed by atoms with Crippen LogP contribution in [0.3, 0.4) is 0 Å². The minimum atomic E-state index is -0.580. The van der Waals surface area contributed by atoms with Gasteiger partial charge in [-0.05, 0) is 33.7 Å². The molecule has 17 heavy (non-hydrogen) atoms. The predicted molar refractivity (Wildman–Crippen MR) is 65.7 cm³/mol. The molecule has 2 unspecified atom stereocenters. The first-order valence-corrected chi connectivity index (χ1v) is 6.22. The molecule has 1 aliphatic rings. The second-order valence-electron chi connectivity index (χ2n) is 4.85. The van der Waals surface area contributed by atoms with Crippen molar-refractivity contribution >= 4 is 5.91 Å².